The van der Waals surface area contributed by atoms with Crippen LogP contribution in [0.5, 0.6) is 0 Å². The minimum absolute atomic E-state index is 0.0775. The summed E-state index contributed by atoms with van der Waals surface area (Å²) < 4.78 is -0.0804. The average Bonchev–Trinajstić information content (AvgIpc) is 2.36. The second kappa shape index (κ2) is 6.25. The Morgan fingerprint density at radius 3 is 2.63 bits per heavy atom. The van der Waals surface area contributed by atoms with E-state index in [1.165, 1.54) is 18.2 Å². The fraction of sp³-hybridized carbons (Fsp3) is 0.417. The fourth-order valence-corrected chi connectivity index (χ4v) is 1.74. The van der Waals surface area contributed by atoms with Gasteiger partial charge in [0.25, 0.3) is 11.6 Å². The molecule has 7 heteroatoms. The molecule has 19 heavy (non-hydrogen) atoms. The predicted molar refractivity (Wildman–Crippen MR) is 78.0 cm³/mol. The molecule has 0 atom stereocenters. The molecule has 0 spiro atoms. The number of benzene rings is 1. The van der Waals surface area contributed by atoms with Crippen molar-refractivity contribution in [3.05, 3.63) is 38.9 Å². The minimum Gasteiger partial charge on any atom is -0.351 e. The molecule has 1 aromatic carbocycles. The van der Waals surface area contributed by atoms with Crippen LogP contribution in [-0.2, 0) is 0 Å². The number of carbonyl (C=O) groups excluding carboxylic acids is 1. The van der Waals surface area contributed by atoms with Crippen molar-refractivity contribution in [1.29, 1.82) is 0 Å². The van der Waals surface area contributed by atoms with E-state index in [0.29, 0.717) is 6.54 Å². The van der Waals surface area contributed by atoms with E-state index >= 15 is 0 Å². The molecule has 0 saturated heterocycles. The molecule has 0 aliphatic heterocycles. The first-order valence-electron chi connectivity index (χ1n) is 5.54. The van der Waals surface area contributed by atoms with Crippen LogP contribution in [0.15, 0.2) is 18.2 Å². The van der Waals surface area contributed by atoms with Gasteiger partial charge in [-0.1, -0.05) is 11.6 Å². The third kappa shape index (κ3) is 4.40. The zero-order valence-corrected chi connectivity index (χ0v) is 12.5. The number of nitrogens with zero attached hydrogens (tertiary/aromatic N) is 1. The number of nitrogens with one attached hydrogen (secondary N) is 1. The van der Waals surface area contributed by atoms with Crippen molar-refractivity contribution >= 4 is 35.0 Å². The maximum absolute atomic E-state index is 11.9. The zero-order valence-electron chi connectivity index (χ0n) is 10.9. The summed E-state index contributed by atoms with van der Waals surface area (Å²) in [4.78, 5) is 22.0. The lowest BCUT2D eigenvalue weighted by atomic mass is 10.1. The second-order valence-electron chi connectivity index (χ2n) is 4.57. The number of non-ortho nitro benzene ring substituents is 1. The Hall–Kier alpha value is -1.27. The van der Waals surface area contributed by atoms with Gasteiger partial charge in [-0.2, -0.15) is 11.8 Å². The van der Waals surface area contributed by atoms with Crippen LogP contribution in [0.3, 0.4) is 0 Å². The molecular weight excluding hydrogens is 288 g/mol. The molecule has 0 aliphatic rings. The summed E-state index contributed by atoms with van der Waals surface area (Å²) in [6, 6.07) is 3.80. The first kappa shape index (κ1) is 15.8. The van der Waals surface area contributed by atoms with E-state index in [-0.39, 0.29) is 26.9 Å². The van der Waals surface area contributed by atoms with Crippen LogP contribution in [0.2, 0.25) is 5.02 Å². The standard InChI is InChI=1S/C12H15ClN2O3S/c1-12(2,19-3)7-14-11(16)9-5-4-8(15(17)18)6-10(9)13/h4-6H,7H2,1-3H3,(H,14,16). The molecule has 5 nitrogen and oxygen atoms in total. The van der Waals surface area contributed by atoms with E-state index in [1.807, 2.05) is 20.1 Å². The van der Waals surface area contributed by atoms with Crippen molar-refractivity contribution in [3.8, 4) is 0 Å². The molecule has 1 N–H and O–H groups in total. The van der Waals surface area contributed by atoms with E-state index < -0.39 is 4.92 Å². The quantitative estimate of drug-likeness (QED) is 0.670. The molecule has 0 saturated carbocycles. The SMILES string of the molecule is CSC(C)(C)CNC(=O)c1ccc([N+](=O)[O-])cc1Cl. The van der Waals surface area contributed by atoms with Crippen LogP contribution in [0, 0.1) is 10.1 Å². The Labute approximate surface area is 120 Å². The van der Waals surface area contributed by atoms with Gasteiger partial charge in [-0.3, -0.25) is 14.9 Å². The van der Waals surface area contributed by atoms with Crippen molar-refractivity contribution < 1.29 is 9.72 Å². The molecule has 0 bridgehead atoms. The molecule has 0 aliphatic carbocycles. The smallest absolute Gasteiger partial charge is 0.270 e. The van der Waals surface area contributed by atoms with Crippen LogP contribution in [0.25, 0.3) is 0 Å². The minimum atomic E-state index is -0.551. The number of thioether (sulfide) groups is 1. The number of nitro groups is 1. The largest absolute Gasteiger partial charge is 0.351 e. The van der Waals surface area contributed by atoms with E-state index in [2.05, 4.69) is 5.32 Å². The summed E-state index contributed by atoms with van der Waals surface area (Å²) in [7, 11) is 0. The fourth-order valence-electron chi connectivity index (χ4n) is 1.26. The van der Waals surface area contributed by atoms with Gasteiger partial charge in [-0.15, -0.1) is 0 Å². The first-order chi connectivity index (χ1) is 8.76. The second-order valence-corrected chi connectivity index (χ2v) is 6.49. The lowest BCUT2D eigenvalue weighted by molar-refractivity contribution is -0.384. The van der Waals surface area contributed by atoms with Gasteiger partial charge in [0.05, 0.1) is 15.5 Å². The van der Waals surface area contributed by atoms with Crippen LogP contribution in [0.4, 0.5) is 5.69 Å². The van der Waals surface area contributed by atoms with Crippen LogP contribution in [-0.4, -0.2) is 28.4 Å². The number of amides is 1. The average molecular weight is 303 g/mol. The Morgan fingerprint density at radius 1 is 1.53 bits per heavy atom. The van der Waals surface area contributed by atoms with Crippen LogP contribution >= 0.6 is 23.4 Å². The summed E-state index contributed by atoms with van der Waals surface area (Å²) in [6.07, 6.45) is 1.96. The number of halogens is 1. The van der Waals surface area contributed by atoms with Gasteiger partial charge >= 0.3 is 0 Å². The molecule has 0 fully saturated rings. The van der Waals surface area contributed by atoms with Crippen molar-refractivity contribution in [1.82, 2.24) is 5.32 Å². The summed E-state index contributed by atoms with van der Waals surface area (Å²) in [5, 5.41) is 13.4. The van der Waals surface area contributed by atoms with Gasteiger partial charge < -0.3 is 5.32 Å². The number of hydrogen-bond donors (Lipinski definition) is 1. The van der Waals surface area contributed by atoms with Crippen molar-refractivity contribution in [2.24, 2.45) is 0 Å². The Balaban J connectivity index is 2.81. The monoisotopic (exact) mass is 302 g/mol. The Morgan fingerprint density at radius 2 is 2.16 bits per heavy atom. The lowest BCUT2D eigenvalue weighted by Crippen LogP contribution is -2.36. The van der Waals surface area contributed by atoms with Crippen molar-refractivity contribution in [2.75, 3.05) is 12.8 Å². The topological polar surface area (TPSA) is 72.2 Å². The van der Waals surface area contributed by atoms with E-state index in [0.717, 1.165) is 0 Å². The number of hydrogen-bond acceptors (Lipinski definition) is 4. The highest BCUT2D eigenvalue weighted by Gasteiger charge is 2.19. The molecule has 1 rings (SSSR count). The maximum Gasteiger partial charge on any atom is 0.270 e. The predicted octanol–water partition coefficient (Wildman–Crippen LogP) is 3.12. The van der Waals surface area contributed by atoms with E-state index in [4.69, 9.17) is 11.6 Å². The van der Waals surface area contributed by atoms with Gasteiger partial charge in [-0.05, 0) is 26.2 Å². The van der Waals surface area contributed by atoms with Crippen molar-refractivity contribution in [3.63, 3.8) is 0 Å². The third-order valence-corrected chi connectivity index (χ3v) is 4.20. The number of nitro benzene ring substituents is 1. The summed E-state index contributed by atoms with van der Waals surface area (Å²) in [6.45, 7) is 4.51. The molecule has 0 heterocycles. The van der Waals surface area contributed by atoms with Gasteiger partial charge in [0, 0.05) is 23.4 Å². The molecular formula is C12H15ClN2O3S. The van der Waals surface area contributed by atoms with Crippen molar-refractivity contribution in [2.45, 2.75) is 18.6 Å². The normalized spacial score (nSPS) is 11.2. The van der Waals surface area contributed by atoms with Crippen LogP contribution in [0.1, 0.15) is 24.2 Å². The van der Waals surface area contributed by atoms with E-state index in [9.17, 15) is 14.9 Å². The molecule has 1 aromatic rings. The number of rotatable bonds is 5. The Bertz CT molecular complexity index is 506. The molecule has 0 radical (unpaired) electrons. The summed E-state index contributed by atoms with van der Waals surface area (Å²) >= 11 is 7.52. The van der Waals surface area contributed by atoms with Gasteiger partial charge in [0.1, 0.15) is 0 Å². The molecule has 0 aromatic heterocycles. The highest BCUT2D eigenvalue weighted by Crippen LogP contribution is 2.23. The first-order valence-corrected chi connectivity index (χ1v) is 7.14. The van der Waals surface area contributed by atoms with Crippen LogP contribution < -0.4 is 5.32 Å². The molecule has 104 valence electrons. The molecule has 0 unspecified atom stereocenters. The summed E-state index contributed by atoms with van der Waals surface area (Å²) in [5.74, 6) is -0.331. The third-order valence-electron chi connectivity index (χ3n) is 2.64. The van der Waals surface area contributed by atoms with E-state index in [1.54, 1.807) is 11.8 Å². The molecule has 1 amide bonds. The zero-order chi connectivity index (χ0) is 14.6. The van der Waals surface area contributed by atoms with Gasteiger partial charge in [-0.25, -0.2) is 0 Å². The lowest BCUT2D eigenvalue weighted by Gasteiger charge is -2.22. The van der Waals surface area contributed by atoms with Gasteiger partial charge in [0.2, 0.25) is 0 Å². The van der Waals surface area contributed by atoms with Gasteiger partial charge in [0.15, 0.2) is 0 Å². The maximum atomic E-state index is 11.9. The number of carbonyl (C=O) groups is 1. The highest BCUT2D eigenvalue weighted by atomic mass is 35.5. The highest BCUT2D eigenvalue weighted by molar-refractivity contribution is 7.99. The summed E-state index contributed by atoms with van der Waals surface area (Å²) in [5.41, 5.74) is 0.107. The Kier molecular flexibility index (Phi) is 5.20.